The van der Waals surface area contributed by atoms with Crippen molar-refractivity contribution in [3.05, 3.63) is 50.6 Å². The van der Waals surface area contributed by atoms with Gasteiger partial charge in [-0.05, 0) is 6.07 Å². The van der Waals surface area contributed by atoms with E-state index in [0.717, 1.165) is 10.8 Å². The van der Waals surface area contributed by atoms with Crippen LogP contribution in [0.1, 0.15) is 0 Å². The third-order valence-electron chi connectivity index (χ3n) is 2.78. The van der Waals surface area contributed by atoms with Crippen molar-refractivity contribution < 1.29 is 0 Å². The van der Waals surface area contributed by atoms with Crippen LogP contribution in [0.2, 0.25) is 20.2 Å². The zero-order valence-electron chi connectivity index (χ0n) is 8.85. The minimum Gasteiger partial charge on any atom is -0.234 e. The van der Waals surface area contributed by atoms with E-state index in [4.69, 9.17) is 46.4 Å². The Morgan fingerprint density at radius 1 is 0.778 bits per heavy atom. The number of rotatable bonds is 0. The molecule has 1 heterocycles. The first kappa shape index (κ1) is 12.3. The minimum absolute atomic E-state index is 0.257. The molecule has 0 amide bonds. The fourth-order valence-electron chi connectivity index (χ4n) is 1.96. The summed E-state index contributed by atoms with van der Waals surface area (Å²) in [5, 5.41) is 4.01. The van der Waals surface area contributed by atoms with Crippen LogP contribution in [-0.4, -0.2) is 4.98 Å². The standard InChI is InChI=1S/C13H5Cl4N/c14-9-5-8-11(16)10(15)6-3-1-2-4-7(6)12(8)18-13(9)17/h1-5H. The van der Waals surface area contributed by atoms with Crippen molar-refractivity contribution in [2.45, 2.75) is 0 Å². The molecule has 0 saturated heterocycles. The van der Waals surface area contributed by atoms with Crippen LogP contribution >= 0.6 is 46.4 Å². The highest BCUT2D eigenvalue weighted by atomic mass is 35.5. The Hall–Kier alpha value is -0.730. The van der Waals surface area contributed by atoms with Crippen molar-refractivity contribution in [2.75, 3.05) is 0 Å². The van der Waals surface area contributed by atoms with E-state index < -0.39 is 0 Å². The van der Waals surface area contributed by atoms with Crippen LogP contribution in [0.15, 0.2) is 30.3 Å². The van der Waals surface area contributed by atoms with Gasteiger partial charge in [-0.1, -0.05) is 70.7 Å². The van der Waals surface area contributed by atoms with Crippen LogP contribution in [0, 0.1) is 0 Å². The molecule has 2 aromatic carbocycles. The van der Waals surface area contributed by atoms with Gasteiger partial charge in [-0.15, -0.1) is 0 Å². The maximum Gasteiger partial charge on any atom is 0.148 e. The lowest BCUT2D eigenvalue weighted by Gasteiger charge is -2.09. The summed E-state index contributed by atoms with van der Waals surface area (Å²) in [6, 6.07) is 9.32. The van der Waals surface area contributed by atoms with E-state index in [-0.39, 0.29) is 5.15 Å². The largest absolute Gasteiger partial charge is 0.234 e. The molecule has 5 heteroatoms. The maximum absolute atomic E-state index is 6.26. The highest BCUT2D eigenvalue weighted by Gasteiger charge is 2.14. The molecule has 0 aliphatic heterocycles. The molecule has 3 aromatic rings. The van der Waals surface area contributed by atoms with E-state index >= 15 is 0 Å². The summed E-state index contributed by atoms with van der Waals surface area (Å²) < 4.78 is 0. The van der Waals surface area contributed by atoms with Gasteiger partial charge in [0.25, 0.3) is 0 Å². The molecule has 0 unspecified atom stereocenters. The van der Waals surface area contributed by atoms with Crippen molar-refractivity contribution in [1.29, 1.82) is 0 Å². The fourth-order valence-corrected chi connectivity index (χ4v) is 2.76. The lowest BCUT2D eigenvalue weighted by molar-refractivity contribution is 1.42. The summed E-state index contributed by atoms with van der Waals surface area (Å²) in [5.41, 5.74) is 0.703. The van der Waals surface area contributed by atoms with E-state index in [1.54, 1.807) is 6.07 Å². The third-order valence-corrected chi connectivity index (χ3v) is 4.34. The molecule has 3 rings (SSSR count). The normalized spacial score (nSPS) is 11.3. The molecule has 0 saturated carbocycles. The summed E-state index contributed by atoms with van der Waals surface area (Å²) in [5.74, 6) is 0. The molecule has 0 atom stereocenters. The molecule has 0 radical (unpaired) electrons. The van der Waals surface area contributed by atoms with Gasteiger partial charge in [-0.25, -0.2) is 4.98 Å². The molecule has 0 N–H and O–H groups in total. The van der Waals surface area contributed by atoms with Gasteiger partial charge in [0.15, 0.2) is 0 Å². The fraction of sp³-hybridized carbons (Fsp3) is 0. The van der Waals surface area contributed by atoms with Crippen molar-refractivity contribution in [3.63, 3.8) is 0 Å². The van der Waals surface area contributed by atoms with Gasteiger partial charge < -0.3 is 0 Å². The van der Waals surface area contributed by atoms with Crippen molar-refractivity contribution in [3.8, 4) is 0 Å². The van der Waals surface area contributed by atoms with E-state index in [0.29, 0.717) is 26.0 Å². The van der Waals surface area contributed by atoms with Crippen LogP contribution in [0.3, 0.4) is 0 Å². The molecule has 18 heavy (non-hydrogen) atoms. The van der Waals surface area contributed by atoms with Gasteiger partial charge in [0, 0.05) is 16.2 Å². The van der Waals surface area contributed by atoms with Crippen LogP contribution in [0.25, 0.3) is 21.7 Å². The highest BCUT2D eigenvalue weighted by Crippen LogP contribution is 2.40. The lowest BCUT2D eigenvalue weighted by Crippen LogP contribution is -1.87. The van der Waals surface area contributed by atoms with Gasteiger partial charge >= 0.3 is 0 Å². The summed E-state index contributed by atoms with van der Waals surface area (Å²) in [6.07, 6.45) is 0. The maximum atomic E-state index is 6.26. The average Bonchev–Trinajstić information content (AvgIpc) is 2.38. The Morgan fingerprint density at radius 3 is 2.11 bits per heavy atom. The van der Waals surface area contributed by atoms with Gasteiger partial charge in [0.2, 0.25) is 0 Å². The molecular weight excluding hydrogens is 312 g/mol. The van der Waals surface area contributed by atoms with Gasteiger partial charge in [-0.2, -0.15) is 0 Å². The Bertz CT molecular complexity index is 783. The minimum atomic E-state index is 0.257. The van der Waals surface area contributed by atoms with Crippen molar-refractivity contribution >= 4 is 68.1 Å². The van der Waals surface area contributed by atoms with Gasteiger partial charge in [-0.3, -0.25) is 0 Å². The van der Waals surface area contributed by atoms with Crippen LogP contribution in [0.4, 0.5) is 0 Å². The predicted octanol–water partition coefficient (Wildman–Crippen LogP) is 6.00. The molecule has 0 bridgehead atoms. The van der Waals surface area contributed by atoms with Crippen molar-refractivity contribution in [2.24, 2.45) is 0 Å². The Morgan fingerprint density at radius 2 is 1.39 bits per heavy atom. The second-order valence-electron chi connectivity index (χ2n) is 3.83. The number of fused-ring (bicyclic) bond motifs is 3. The number of pyridine rings is 1. The summed E-state index contributed by atoms with van der Waals surface area (Å²) in [7, 11) is 0. The summed E-state index contributed by atoms with van der Waals surface area (Å²) >= 11 is 24.4. The molecule has 0 aliphatic carbocycles. The highest BCUT2D eigenvalue weighted by molar-refractivity contribution is 6.50. The van der Waals surface area contributed by atoms with Crippen LogP contribution in [0.5, 0.6) is 0 Å². The smallest absolute Gasteiger partial charge is 0.148 e. The third kappa shape index (κ3) is 1.74. The Kier molecular flexibility index (Phi) is 3.03. The topological polar surface area (TPSA) is 12.9 Å². The Balaban J connectivity index is 2.65. The lowest BCUT2D eigenvalue weighted by atomic mass is 10.1. The zero-order chi connectivity index (χ0) is 12.9. The molecule has 1 nitrogen and oxygen atoms in total. The molecular formula is C13H5Cl4N. The summed E-state index contributed by atoms with van der Waals surface area (Å²) in [6.45, 7) is 0. The van der Waals surface area contributed by atoms with Gasteiger partial charge in [0.05, 0.1) is 20.6 Å². The van der Waals surface area contributed by atoms with Gasteiger partial charge in [0.1, 0.15) is 5.15 Å². The number of hydrogen-bond donors (Lipinski definition) is 0. The summed E-state index contributed by atoms with van der Waals surface area (Å²) in [4.78, 5) is 4.30. The first-order chi connectivity index (χ1) is 8.59. The second kappa shape index (κ2) is 4.43. The quantitative estimate of drug-likeness (QED) is 0.366. The SMILES string of the molecule is Clc1cc2c(Cl)c(Cl)c3ccccc3c2nc1Cl. The van der Waals surface area contributed by atoms with E-state index in [9.17, 15) is 0 Å². The van der Waals surface area contributed by atoms with Crippen molar-refractivity contribution in [1.82, 2.24) is 4.98 Å². The first-order valence-electron chi connectivity index (χ1n) is 5.11. The van der Waals surface area contributed by atoms with E-state index in [2.05, 4.69) is 4.98 Å². The molecule has 1 aromatic heterocycles. The molecule has 0 fully saturated rings. The average molecular weight is 317 g/mol. The number of hydrogen-bond acceptors (Lipinski definition) is 1. The Labute approximate surface area is 123 Å². The number of aromatic nitrogens is 1. The number of nitrogens with zero attached hydrogens (tertiary/aromatic N) is 1. The van der Waals surface area contributed by atoms with Crippen LogP contribution < -0.4 is 0 Å². The van der Waals surface area contributed by atoms with E-state index in [1.807, 2.05) is 24.3 Å². The number of halogens is 4. The van der Waals surface area contributed by atoms with E-state index in [1.165, 1.54) is 0 Å². The second-order valence-corrected chi connectivity index (χ2v) is 5.35. The molecule has 0 aliphatic rings. The monoisotopic (exact) mass is 315 g/mol. The molecule has 90 valence electrons. The number of benzene rings is 2. The first-order valence-corrected chi connectivity index (χ1v) is 6.62. The van der Waals surface area contributed by atoms with Crippen LogP contribution in [-0.2, 0) is 0 Å². The zero-order valence-corrected chi connectivity index (χ0v) is 11.9. The molecule has 0 spiro atoms. The predicted molar refractivity (Wildman–Crippen MR) is 79.3 cm³/mol.